The Morgan fingerprint density at radius 2 is 1.62 bits per heavy atom. The number of anilines is 1. The summed E-state index contributed by atoms with van der Waals surface area (Å²) in [6.07, 6.45) is 3.13. The molecule has 0 radical (unpaired) electrons. The lowest BCUT2D eigenvalue weighted by Crippen LogP contribution is -2.29. The summed E-state index contributed by atoms with van der Waals surface area (Å²) in [5, 5.41) is 2.88. The first-order valence-corrected chi connectivity index (χ1v) is 13.5. The van der Waals surface area contributed by atoms with E-state index in [1.165, 1.54) is 10.6 Å². The second-order valence-corrected chi connectivity index (χ2v) is 10.3. The number of methoxy groups -OCH3 is 2. The molecule has 0 aliphatic carbocycles. The van der Waals surface area contributed by atoms with Crippen molar-refractivity contribution in [3.8, 4) is 11.5 Å². The summed E-state index contributed by atoms with van der Waals surface area (Å²) in [6, 6.07) is 19.8. The van der Waals surface area contributed by atoms with E-state index >= 15 is 0 Å². The predicted octanol–water partition coefficient (Wildman–Crippen LogP) is 4.32. The van der Waals surface area contributed by atoms with Gasteiger partial charge in [-0.3, -0.25) is 9.10 Å². The molecule has 0 aliphatic rings. The first-order valence-electron chi connectivity index (χ1n) is 10.4. The SMILES string of the molecule is COc1ccc(CNC(=O)c2ccc(CN(c3cccc(SC)c3)S(C)(=O)=O)cc2)cc1OC. The van der Waals surface area contributed by atoms with Gasteiger partial charge in [-0.15, -0.1) is 11.8 Å². The number of thioether (sulfide) groups is 1. The minimum atomic E-state index is -3.49. The molecule has 0 saturated carbocycles. The molecule has 0 aromatic heterocycles. The minimum absolute atomic E-state index is 0.171. The fraction of sp³-hybridized carbons (Fsp3) is 0.240. The van der Waals surface area contributed by atoms with Crippen molar-refractivity contribution in [3.05, 3.63) is 83.4 Å². The van der Waals surface area contributed by atoms with Gasteiger partial charge < -0.3 is 14.8 Å². The maximum Gasteiger partial charge on any atom is 0.251 e. The van der Waals surface area contributed by atoms with E-state index in [4.69, 9.17) is 9.47 Å². The lowest BCUT2D eigenvalue weighted by atomic mass is 10.1. The van der Waals surface area contributed by atoms with Gasteiger partial charge in [-0.2, -0.15) is 0 Å². The number of rotatable bonds is 10. The summed E-state index contributed by atoms with van der Waals surface area (Å²) < 4.78 is 36.8. The zero-order chi connectivity index (χ0) is 24.7. The van der Waals surface area contributed by atoms with Crippen molar-refractivity contribution in [3.63, 3.8) is 0 Å². The highest BCUT2D eigenvalue weighted by Crippen LogP contribution is 2.28. The van der Waals surface area contributed by atoms with Crippen LogP contribution in [-0.4, -0.2) is 41.1 Å². The number of carbonyl (C=O) groups excluding carboxylic acids is 1. The van der Waals surface area contributed by atoms with Crippen LogP contribution in [0, 0.1) is 0 Å². The van der Waals surface area contributed by atoms with E-state index in [2.05, 4.69) is 5.32 Å². The van der Waals surface area contributed by atoms with Gasteiger partial charge in [0.1, 0.15) is 0 Å². The lowest BCUT2D eigenvalue weighted by molar-refractivity contribution is 0.0951. The highest BCUT2D eigenvalue weighted by atomic mass is 32.2. The van der Waals surface area contributed by atoms with Gasteiger partial charge in [0.15, 0.2) is 11.5 Å². The number of amides is 1. The van der Waals surface area contributed by atoms with Crippen molar-refractivity contribution in [2.45, 2.75) is 18.0 Å². The van der Waals surface area contributed by atoms with Crippen LogP contribution in [0.3, 0.4) is 0 Å². The average Bonchev–Trinajstić information content (AvgIpc) is 2.85. The fourth-order valence-corrected chi connectivity index (χ4v) is 4.70. The van der Waals surface area contributed by atoms with Gasteiger partial charge in [0.05, 0.1) is 32.7 Å². The number of ether oxygens (including phenoxy) is 2. The van der Waals surface area contributed by atoms with E-state index in [1.807, 2.05) is 36.6 Å². The average molecular weight is 501 g/mol. The molecule has 7 nitrogen and oxygen atoms in total. The molecule has 3 aromatic rings. The molecule has 0 atom stereocenters. The lowest BCUT2D eigenvalue weighted by Gasteiger charge is -2.23. The van der Waals surface area contributed by atoms with Crippen LogP contribution in [0.1, 0.15) is 21.5 Å². The maximum absolute atomic E-state index is 12.6. The van der Waals surface area contributed by atoms with Crippen molar-refractivity contribution in [1.29, 1.82) is 0 Å². The van der Waals surface area contributed by atoms with Gasteiger partial charge >= 0.3 is 0 Å². The number of carbonyl (C=O) groups is 1. The molecule has 0 saturated heterocycles. The van der Waals surface area contributed by atoms with Crippen LogP contribution in [0.5, 0.6) is 11.5 Å². The molecule has 3 aromatic carbocycles. The Bertz CT molecular complexity index is 1240. The standard InChI is InChI=1S/C25H28N2O5S2/c1-31-23-13-10-19(14-24(23)32-2)16-26-25(28)20-11-8-18(9-12-20)17-27(34(4,29)30)21-6-5-7-22(15-21)33-3/h5-15H,16-17H2,1-4H3,(H,26,28). The fourth-order valence-electron chi connectivity index (χ4n) is 3.37. The molecule has 0 bridgehead atoms. The molecule has 1 amide bonds. The molecule has 0 spiro atoms. The molecular weight excluding hydrogens is 472 g/mol. The van der Waals surface area contributed by atoms with E-state index in [9.17, 15) is 13.2 Å². The van der Waals surface area contributed by atoms with E-state index in [-0.39, 0.29) is 12.5 Å². The number of hydrogen-bond acceptors (Lipinski definition) is 6. The Balaban J connectivity index is 1.69. The Kier molecular flexibility index (Phi) is 8.46. The van der Waals surface area contributed by atoms with Gasteiger partial charge in [0.25, 0.3) is 5.91 Å². The summed E-state index contributed by atoms with van der Waals surface area (Å²) in [5.74, 6) is 0.988. The second kappa shape index (κ2) is 11.3. The molecule has 0 unspecified atom stereocenters. The van der Waals surface area contributed by atoms with Crippen LogP contribution in [0.25, 0.3) is 0 Å². The highest BCUT2D eigenvalue weighted by Gasteiger charge is 2.18. The van der Waals surface area contributed by atoms with Crippen LogP contribution in [0.2, 0.25) is 0 Å². The van der Waals surface area contributed by atoms with E-state index in [0.29, 0.717) is 29.3 Å². The van der Waals surface area contributed by atoms with Crippen LogP contribution in [0.15, 0.2) is 71.6 Å². The first-order chi connectivity index (χ1) is 16.2. The third-order valence-corrected chi connectivity index (χ3v) is 7.05. The number of benzene rings is 3. The van der Waals surface area contributed by atoms with E-state index < -0.39 is 10.0 Å². The van der Waals surface area contributed by atoms with Crippen LogP contribution < -0.4 is 19.1 Å². The van der Waals surface area contributed by atoms with E-state index in [0.717, 1.165) is 16.0 Å². The highest BCUT2D eigenvalue weighted by molar-refractivity contribution is 7.98. The molecule has 0 fully saturated rings. The van der Waals surface area contributed by atoms with Gasteiger partial charge in [0, 0.05) is 17.0 Å². The quantitative estimate of drug-likeness (QED) is 0.418. The Morgan fingerprint density at radius 1 is 0.941 bits per heavy atom. The molecule has 9 heteroatoms. The molecular formula is C25H28N2O5S2. The van der Waals surface area contributed by atoms with Gasteiger partial charge in [-0.1, -0.05) is 24.3 Å². The Labute approximate surface area is 205 Å². The van der Waals surface area contributed by atoms with Crippen LogP contribution in [-0.2, 0) is 23.1 Å². The summed E-state index contributed by atoms with van der Waals surface area (Å²) in [5.41, 5.74) is 2.74. The minimum Gasteiger partial charge on any atom is -0.493 e. The Morgan fingerprint density at radius 3 is 2.24 bits per heavy atom. The van der Waals surface area contributed by atoms with E-state index in [1.54, 1.807) is 62.4 Å². The molecule has 180 valence electrons. The monoisotopic (exact) mass is 500 g/mol. The number of sulfonamides is 1. The smallest absolute Gasteiger partial charge is 0.251 e. The summed E-state index contributed by atoms with van der Waals surface area (Å²) in [4.78, 5) is 13.6. The summed E-state index contributed by atoms with van der Waals surface area (Å²) >= 11 is 1.55. The van der Waals surface area contributed by atoms with Crippen molar-refractivity contribution in [2.75, 3.05) is 31.0 Å². The summed E-state index contributed by atoms with van der Waals surface area (Å²) in [7, 11) is -0.362. The summed E-state index contributed by atoms with van der Waals surface area (Å²) in [6.45, 7) is 0.499. The van der Waals surface area contributed by atoms with Crippen molar-refractivity contribution in [1.82, 2.24) is 5.32 Å². The largest absolute Gasteiger partial charge is 0.493 e. The molecule has 0 heterocycles. The third-order valence-electron chi connectivity index (χ3n) is 5.18. The van der Waals surface area contributed by atoms with Crippen molar-refractivity contribution < 1.29 is 22.7 Å². The molecule has 1 N–H and O–H groups in total. The van der Waals surface area contributed by atoms with Gasteiger partial charge in [-0.25, -0.2) is 8.42 Å². The first kappa shape index (κ1) is 25.5. The normalized spacial score (nSPS) is 11.1. The number of hydrogen-bond donors (Lipinski definition) is 1. The molecule has 0 aliphatic heterocycles. The van der Waals surface area contributed by atoms with Crippen molar-refractivity contribution in [2.24, 2.45) is 0 Å². The molecule has 34 heavy (non-hydrogen) atoms. The maximum atomic E-state index is 12.6. The second-order valence-electron chi connectivity index (χ2n) is 7.54. The third kappa shape index (κ3) is 6.45. The number of nitrogens with one attached hydrogen (secondary N) is 1. The topological polar surface area (TPSA) is 84.9 Å². The zero-order valence-corrected chi connectivity index (χ0v) is 21.2. The van der Waals surface area contributed by atoms with Crippen LogP contribution >= 0.6 is 11.8 Å². The van der Waals surface area contributed by atoms with Gasteiger partial charge in [-0.05, 0) is 59.8 Å². The van der Waals surface area contributed by atoms with Gasteiger partial charge in [0.2, 0.25) is 10.0 Å². The predicted molar refractivity (Wildman–Crippen MR) is 136 cm³/mol. The Hall–Kier alpha value is -3.17. The van der Waals surface area contributed by atoms with Crippen LogP contribution in [0.4, 0.5) is 5.69 Å². The molecule has 3 rings (SSSR count). The van der Waals surface area contributed by atoms with Crippen molar-refractivity contribution >= 4 is 33.4 Å². The number of nitrogens with zero attached hydrogens (tertiary/aromatic N) is 1. The zero-order valence-electron chi connectivity index (χ0n) is 19.6.